The van der Waals surface area contributed by atoms with Crippen molar-refractivity contribution in [1.29, 1.82) is 0 Å². The van der Waals surface area contributed by atoms with Gasteiger partial charge >= 0.3 is 0 Å². The molecule has 0 aromatic heterocycles. The topological polar surface area (TPSA) is 38.4 Å². The van der Waals surface area contributed by atoms with Crippen molar-refractivity contribution >= 4 is 17.6 Å². The molecule has 2 nitrogen and oxygen atoms in total. The third kappa shape index (κ3) is 2.98. The van der Waals surface area contributed by atoms with Gasteiger partial charge in [0.15, 0.2) is 0 Å². The van der Waals surface area contributed by atoms with E-state index in [1.807, 2.05) is 19.1 Å². The summed E-state index contributed by atoms with van der Waals surface area (Å²) in [6, 6.07) is 14.6. The van der Waals surface area contributed by atoms with Gasteiger partial charge in [-0.25, -0.2) is 0 Å². The molecular formula is C16H18N2. The van der Waals surface area contributed by atoms with Crippen molar-refractivity contribution in [2.45, 2.75) is 20.3 Å². The molecule has 2 aromatic carbocycles. The minimum atomic E-state index is 0.734. The molecule has 0 amide bonds. The SMILES string of the molecule is CC=Nc1ccc(Cc2ccc(C)cc2)cc1N. The first kappa shape index (κ1) is 12.4. The van der Waals surface area contributed by atoms with Crippen LogP contribution < -0.4 is 5.73 Å². The first-order valence-corrected chi connectivity index (χ1v) is 6.11. The maximum atomic E-state index is 5.97. The molecular weight excluding hydrogens is 220 g/mol. The molecule has 0 aliphatic heterocycles. The summed E-state index contributed by atoms with van der Waals surface area (Å²) in [4.78, 5) is 4.22. The molecule has 0 heterocycles. The van der Waals surface area contributed by atoms with Gasteiger partial charge in [-0.2, -0.15) is 0 Å². The van der Waals surface area contributed by atoms with Gasteiger partial charge in [0.25, 0.3) is 0 Å². The molecule has 0 radical (unpaired) electrons. The normalized spacial score (nSPS) is 11.0. The molecule has 0 bridgehead atoms. The zero-order valence-electron chi connectivity index (χ0n) is 10.9. The summed E-state index contributed by atoms with van der Waals surface area (Å²) in [6.45, 7) is 3.99. The van der Waals surface area contributed by atoms with E-state index in [0.29, 0.717) is 0 Å². The Morgan fingerprint density at radius 3 is 2.33 bits per heavy atom. The number of aliphatic imine (C=N–C) groups is 1. The standard InChI is InChI=1S/C16H18N2/c1-3-18-16-9-8-14(11-15(16)17)10-13-6-4-12(2)5-7-13/h3-9,11H,10,17H2,1-2H3. The predicted octanol–water partition coefficient (Wildman–Crippen LogP) is 3.89. The Bertz CT molecular complexity index is 554. The highest BCUT2D eigenvalue weighted by molar-refractivity contribution is 5.70. The van der Waals surface area contributed by atoms with Crippen LogP contribution in [0.5, 0.6) is 0 Å². The van der Waals surface area contributed by atoms with Crippen LogP contribution in [0.1, 0.15) is 23.6 Å². The lowest BCUT2D eigenvalue weighted by atomic mass is 10.0. The number of nitrogen functional groups attached to an aromatic ring is 1. The summed E-state index contributed by atoms with van der Waals surface area (Å²) in [5, 5.41) is 0. The second kappa shape index (κ2) is 5.50. The summed E-state index contributed by atoms with van der Waals surface area (Å²) >= 11 is 0. The second-order valence-electron chi connectivity index (χ2n) is 4.44. The maximum absolute atomic E-state index is 5.97. The Morgan fingerprint density at radius 1 is 1.06 bits per heavy atom. The average molecular weight is 238 g/mol. The Morgan fingerprint density at radius 2 is 1.72 bits per heavy atom. The molecule has 0 aliphatic carbocycles. The van der Waals surface area contributed by atoms with Gasteiger partial charge in [0.05, 0.1) is 11.4 Å². The molecule has 0 spiro atoms. The first-order chi connectivity index (χ1) is 8.69. The second-order valence-corrected chi connectivity index (χ2v) is 4.44. The minimum absolute atomic E-state index is 0.734. The zero-order valence-corrected chi connectivity index (χ0v) is 10.9. The van der Waals surface area contributed by atoms with Gasteiger partial charge in [-0.15, -0.1) is 0 Å². The summed E-state index contributed by atoms with van der Waals surface area (Å²) < 4.78 is 0. The summed E-state index contributed by atoms with van der Waals surface area (Å²) in [6.07, 6.45) is 2.66. The molecule has 18 heavy (non-hydrogen) atoms. The molecule has 0 saturated heterocycles. The largest absolute Gasteiger partial charge is 0.397 e. The molecule has 0 saturated carbocycles. The highest BCUT2D eigenvalue weighted by Gasteiger charge is 2.00. The number of anilines is 1. The minimum Gasteiger partial charge on any atom is -0.397 e. The van der Waals surface area contributed by atoms with Gasteiger partial charge in [0.2, 0.25) is 0 Å². The smallest absolute Gasteiger partial charge is 0.0855 e. The third-order valence-corrected chi connectivity index (χ3v) is 2.89. The van der Waals surface area contributed by atoms with Crippen molar-refractivity contribution in [2.75, 3.05) is 5.73 Å². The molecule has 0 aliphatic rings. The lowest BCUT2D eigenvalue weighted by Crippen LogP contribution is -1.92. The lowest BCUT2D eigenvalue weighted by molar-refractivity contribution is 1.19. The molecule has 92 valence electrons. The van der Waals surface area contributed by atoms with Crippen LogP contribution >= 0.6 is 0 Å². The molecule has 2 heteroatoms. The van der Waals surface area contributed by atoms with Gasteiger partial charge in [-0.1, -0.05) is 35.9 Å². The van der Waals surface area contributed by atoms with E-state index in [-0.39, 0.29) is 0 Å². The quantitative estimate of drug-likeness (QED) is 0.639. The molecule has 2 aromatic rings. The molecule has 0 unspecified atom stereocenters. The summed E-state index contributed by atoms with van der Waals surface area (Å²) in [7, 11) is 0. The van der Waals surface area contributed by atoms with Crippen LogP contribution in [0.25, 0.3) is 0 Å². The monoisotopic (exact) mass is 238 g/mol. The van der Waals surface area contributed by atoms with Crippen molar-refractivity contribution < 1.29 is 0 Å². The van der Waals surface area contributed by atoms with Gasteiger partial charge in [0.1, 0.15) is 0 Å². The predicted molar refractivity (Wildman–Crippen MR) is 78.7 cm³/mol. The molecule has 0 fully saturated rings. The van der Waals surface area contributed by atoms with Crippen LogP contribution in [-0.4, -0.2) is 6.21 Å². The van der Waals surface area contributed by atoms with Crippen molar-refractivity contribution in [3.8, 4) is 0 Å². The van der Waals surface area contributed by atoms with Crippen LogP contribution in [-0.2, 0) is 6.42 Å². The fourth-order valence-electron chi connectivity index (χ4n) is 1.91. The van der Waals surface area contributed by atoms with Gasteiger partial charge in [-0.3, -0.25) is 4.99 Å². The van der Waals surface area contributed by atoms with Gasteiger partial charge in [-0.05, 0) is 43.5 Å². The number of hydrogen-bond donors (Lipinski definition) is 1. The maximum Gasteiger partial charge on any atom is 0.0855 e. The van der Waals surface area contributed by atoms with Crippen LogP contribution in [0.2, 0.25) is 0 Å². The number of aryl methyl sites for hydroxylation is 1. The van der Waals surface area contributed by atoms with Crippen molar-refractivity contribution in [3.05, 3.63) is 59.2 Å². The number of hydrogen-bond acceptors (Lipinski definition) is 2. The van der Waals surface area contributed by atoms with Crippen LogP contribution in [0, 0.1) is 6.92 Å². The Labute approximate surface area is 108 Å². The van der Waals surface area contributed by atoms with E-state index in [0.717, 1.165) is 17.8 Å². The Hall–Kier alpha value is -2.09. The van der Waals surface area contributed by atoms with Crippen LogP contribution in [0.3, 0.4) is 0 Å². The highest BCUT2D eigenvalue weighted by Crippen LogP contribution is 2.24. The first-order valence-electron chi connectivity index (χ1n) is 6.11. The number of benzene rings is 2. The molecule has 0 atom stereocenters. The van der Waals surface area contributed by atoms with Gasteiger partial charge < -0.3 is 5.73 Å². The van der Waals surface area contributed by atoms with E-state index in [1.54, 1.807) is 6.21 Å². The van der Waals surface area contributed by atoms with Gasteiger partial charge in [0, 0.05) is 6.21 Å². The Kier molecular flexibility index (Phi) is 3.78. The lowest BCUT2D eigenvalue weighted by Gasteiger charge is -2.06. The average Bonchev–Trinajstić information content (AvgIpc) is 2.36. The Balaban J connectivity index is 2.19. The summed E-state index contributed by atoms with van der Waals surface area (Å²) in [5.41, 5.74) is 11.3. The van der Waals surface area contributed by atoms with E-state index in [9.17, 15) is 0 Å². The van der Waals surface area contributed by atoms with Crippen LogP contribution in [0.4, 0.5) is 11.4 Å². The fraction of sp³-hybridized carbons (Fsp3) is 0.188. The molecule has 2 N–H and O–H groups in total. The van der Waals surface area contributed by atoms with E-state index in [2.05, 4.69) is 42.2 Å². The number of nitrogens with zero attached hydrogens (tertiary/aromatic N) is 1. The highest BCUT2D eigenvalue weighted by atomic mass is 14.8. The van der Waals surface area contributed by atoms with E-state index in [1.165, 1.54) is 16.7 Å². The molecule has 2 rings (SSSR count). The summed E-state index contributed by atoms with van der Waals surface area (Å²) in [5.74, 6) is 0. The van der Waals surface area contributed by atoms with E-state index >= 15 is 0 Å². The fourth-order valence-corrected chi connectivity index (χ4v) is 1.91. The number of nitrogens with two attached hydrogens (primary N) is 1. The third-order valence-electron chi connectivity index (χ3n) is 2.89. The van der Waals surface area contributed by atoms with E-state index < -0.39 is 0 Å². The number of rotatable bonds is 3. The van der Waals surface area contributed by atoms with Crippen LogP contribution in [0.15, 0.2) is 47.5 Å². The van der Waals surface area contributed by atoms with Crippen molar-refractivity contribution in [3.63, 3.8) is 0 Å². The van der Waals surface area contributed by atoms with Crippen molar-refractivity contribution in [1.82, 2.24) is 0 Å². The van der Waals surface area contributed by atoms with E-state index in [4.69, 9.17) is 5.73 Å². The zero-order chi connectivity index (χ0) is 13.0. The van der Waals surface area contributed by atoms with Crippen molar-refractivity contribution in [2.24, 2.45) is 4.99 Å².